The van der Waals surface area contributed by atoms with E-state index in [1.807, 2.05) is 0 Å². The SMILES string of the molecule is CCOC(=O)Oc1ccc(C(=O)NCc2ccccc2NC(=O)c2cccc(O)c2)cc1. The Hall–Kier alpha value is -4.33. The molecule has 0 unspecified atom stereocenters. The highest BCUT2D eigenvalue weighted by molar-refractivity contribution is 6.05. The molecule has 3 aromatic carbocycles. The van der Waals surface area contributed by atoms with Crippen molar-refractivity contribution >= 4 is 23.7 Å². The van der Waals surface area contributed by atoms with Crippen molar-refractivity contribution in [3.05, 3.63) is 89.5 Å². The minimum atomic E-state index is -0.811. The average Bonchev–Trinajstić information content (AvgIpc) is 2.79. The van der Waals surface area contributed by atoms with Crippen molar-refractivity contribution in [2.45, 2.75) is 13.5 Å². The van der Waals surface area contributed by atoms with Crippen LogP contribution in [0.2, 0.25) is 0 Å². The molecular formula is C24H22N2O6. The fourth-order valence-corrected chi connectivity index (χ4v) is 2.83. The predicted molar refractivity (Wildman–Crippen MR) is 118 cm³/mol. The summed E-state index contributed by atoms with van der Waals surface area (Å²) in [7, 11) is 0. The Labute approximate surface area is 184 Å². The summed E-state index contributed by atoms with van der Waals surface area (Å²) < 4.78 is 9.67. The molecular weight excluding hydrogens is 412 g/mol. The van der Waals surface area contributed by atoms with Crippen molar-refractivity contribution < 1.29 is 29.0 Å². The van der Waals surface area contributed by atoms with E-state index in [1.54, 1.807) is 43.3 Å². The van der Waals surface area contributed by atoms with E-state index < -0.39 is 6.16 Å². The normalized spacial score (nSPS) is 10.2. The van der Waals surface area contributed by atoms with Crippen LogP contribution >= 0.6 is 0 Å². The number of aromatic hydroxyl groups is 1. The molecule has 0 aliphatic rings. The van der Waals surface area contributed by atoms with Gasteiger partial charge in [-0.3, -0.25) is 9.59 Å². The number of para-hydroxylation sites is 1. The third-order valence-corrected chi connectivity index (χ3v) is 4.39. The largest absolute Gasteiger partial charge is 0.513 e. The number of phenolic OH excluding ortho intramolecular Hbond substituents is 1. The number of benzene rings is 3. The molecule has 32 heavy (non-hydrogen) atoms. The lowest BCUT2D eigenvalue weighted by molar-refractivity contribution is 0.0950. The number of rotatable bonds is 7. The summed E-state index contributed by atoms with van der Waals surface area (Å²) in [4.78, 5) is 36.3. The third kappa shape index (κ3) is 6.09. The summed E-state index contributed by atoms with van der Waals surface area (Å²) in [6.45, 7) is 2.05. The Kier molecular flexibility index (Phi) is 7.42. The van der Waals surface area contributed by atoms with Gasteiger partial charge in [-0.1, -0.05) is 24.3 Å². The number of amides is 2. The van der Waals surface area contributed by atoms with Crippen molar-refractivity contribution in [1.82, 2.24) is 5.32 Å². The van der Waals surface area contributed by atoms with Crippen LogP contribution in [0.25, 0.3) is 0 Å². The van der Waals surface area contributed by atoms with E-state index in [0.717, 1.165) is 0 Å². The zero-order chi connectivity index (χ0) is 22.9. The summed E-state index contributed by atoms with van der Waals surface area (Å²) >= 11 is 0. The van der Waals surface area contributed by atoms with Crippen LogP contribution in [-0.2, 0) is 11.3 Å². The van der Waals surface area contributed by atoms with Gasteiger partial charge in [-0.05, 0) is 61.0 Å². The highest BCUT2D eigenvalue weighted by atomic mass is 16.7. The topological polar surface area (TPSA) is 114 Å². The highest BCUT2D eigenvalue weighted by Crippen LogP contribution is 2.18. The summed E-state index contributed by atoms with van der Waals surface area (Å²) in [5.74, 6) is -0.449. The van der Waals surface area contributed by atoms with Crippen LogP contribution in [0.15, 0.2) is 72.8 Å². The highest BCUT2D eigenvalue weighted by Gasteiger charge is 2.12. The van der Waals surface area contributed by atoms with Gasteiger partial charge in [-0.2, -0.15) is 0 Å². The van der Waals surface area contributed by atoms with Crippen molar-refractivity contribution in [3.63, 3.8) is 0 Å². The fourth-order valence-electron chi connectivity index (χ4n) is 2.83. The Balaban J connectivity index is 1.61. The van der Waals surface area contributed by atoms with Crippen molar-refractivity contribution in [3.8, 4) is 11.5 Å². The first kappa shape index (κ1) is 22.4. The molecule has 0 saturated carbocycles. The number of hydrogen-bond donors (Lipinski definition) is 3. The monoisotopic (exact) mass is 434 g/mol. The molecule has 0 heterocycles. The minimum Gasteiger partial charge on any atom is -0.508 e. The van der Waals surface area contributed by atoms with Crippen LogP contribution in [0, 0.1) is 0 Å². The Morgan fingerprint density at radius 2 is 1.62 bits per heavy atom. The first-order valence-corrected chi connectivity index (χ1v) is 9.87. The van der Waals surface area contributed by atoms with Gasteiger partial charge in [0.15, 0.2) is 0 Å². The van der Waals surface area contributed by atoms with Crippen molar-refractivity contribution in [2.75, 3.05) is 11.9 Å². The molecule has 0 saturated heterocycles. The van der Waals surface area contributed by atoms with E-state index in [0.29, 0.717) is 22.4 Å². The minimum absolute atomic E-state index is 0.00290. The van der Waals surface area contributed by atoms with Crippen LogP contribution in [0.4, 0.5) is 10.5 Å². The number of carbonyl (C=O) groups is 3. The molecule has 2 amide bonds. The molecule has 164 valence electrons. The van der Waals surface area contributed by atoms with E-state index in [1.165, 1.54) is 36.4 Å². The van der Waals surface area contributed by atoms with E-state index >= 15 is 0 Å². The molecule has 0 aliphatic carbocycles. The van der Waals surface area contributed by atoms with Crippen LogP contribution in [0.3, 0.4) is 0 Å². The van der Waals surface area contributed by atoms with Gasteiger partial charge in [0.05, 0.1) is 6.61 Å². The first-order chi connectivity index (χ1) is 15.5. The molecule has 3 N–H and O–H groups in total. The number of anilines is 1. The average molecular weight is 434 g/mol. The summed E-state index contributed by atoms with van der Waals surface area (Å²) in [5.41, 5.74) is 1.94. The zero-order valence-corrected chi connectivity index (χ0v) is 17.3. The van der Waals surface area contributed by atoms with Gasteiger partial charge in [0.2, 0.25) is 0 Å². The molecule has 0 atom stereocenters. The molecule has 0 spiro atoms. The lowest BCUT2D eigenvalue weighted by Crippen LogP contribution is -2.24. The second-order valence-electron chi connectivity index (χ2n) is 6.65. The number of nitrogens with one attached hydrogen (secondary N) is 2. The molecule has 3 rings (SSSR count). The maximum atomic E-state index is 12.5. The van der Waals surface area contributed by atoms with Gasteiger partial charge in [0.1, 0.15) is 11.5 Å². The summed E-state index contributed by atoms with van der Waals surface area (Å²) in [6, 6.07) is 19.2. The smallest absolute Gasteiger partial charge is 0.508 e. The molecule has 0 fully saturated rings. The first-order valence-electron chi connectivity index (χ1n) is 9.87. The third-order valence-electron chi connectivity index (χ3n) is 4.39. The van der Waals surface area contributed by atoms with E-state index in [-0.39, 0.29) is 36.5 Å². The molecule has 8 heteroatoms. The second kappa shape index (κ2) is 10.6. The zero-order valence-electron chi connectivity index (χ0n) is 17.3. The molecule has 0 aliphatic heterocycles. The lowest BCUT2D eigenvalue weighted by atomic mass is 10.1. The Morgan fingerprint density at radius 1 is 0.875 bits per heavy atom. The fraction of sp³-hybridized carbons (Fsp3) is 0.125. The van der Waals surface area contributed by atoms with E-state index in [9.17, 15) is 19.5 Å². The maximum Gasteiger partial charge on any atom is 0.513 e. The van der Waals surface area contributed by atoms with E-state index in [4.69, 9.17) is 9.47 Å². The van der Waals surface area contributed by atoms with Gasteiger partial charge in [-0.15, -0.1) is 0 Å². The van der Waals surface area contributed by atoms with E-state index in [2.05, 4.69) is 10.6 Å². The van der Waals surface area contributed by atoms with Crippen LogP contribution in [0.1, 0.15) is 33.2 Å². The Morgan fingerprint density at radius 3 is 2.34 bits per heavy atom. The summed E-state index contributed by atoms with van der Waals surface area (Å²) in [5, 5.41) is 15.1. The van der Waals surface area contributed by atoms with Gasteiger partial charge < -0.3 is 25.2 Å². The van der Waals surface area contributed by atoms with Gasteiger partial charge in [-0.25, -0.2) is 4.79 Å². The standard InChI is InChI=1S/C24H22N2O6/c1-2-31-24(30)32-20-12-10-16(11-13-20)22(28)25-15-18-6-3-4-9-21(18)26-23(29)17-7-5-8-19(27)14-17/h3-14,27H,2,15H2,1H3,(H,25,28)(H,26,29). The molecule has 0 bridgehead atoms. The van der Waals surface area contributed by atoms with Gasteiger partial charge >= 0.3 is 6.16 Å². The quantitative estimate of drug-likeness (QED) is 0.381. The van der Waals surface area contributed by atoms with Crippen LogP contribution < -0.4 is 15.4 Å². The van der Waals surface area contributed by atoms with Crippen molar-refractivity contribution in [1.29, 1.82) is 0 Å². The second-order valence-corrected chi connectivity index (χ2v) is 6.65. The predicted octanol–water partition coefficient (Wildman–Crippen LogP) is 4.11. The van der Waals surface area contributed by atoms with Gasteiger partial charge in [0.25, 0.3) is 11.8 Å². The van der Waals surface area contributed by atoms with Gasteiger partial charge in [0, 0.05) is 23.4 Å². The number of phenols is 1. The number of hydrogen-bond acceptors (Lipinski definition) is 6. The Bertz CT molecular complexity index is 1110. The molecule has 8 nitrogen and oxygen atoms in total. The molecule has 0 radical (unpaired) electrons. The van der Waals surface area contributed by atoms with Crippen LogP contribution in [-0.4, -0.2) is 29.7 Å². The molecule has 3 aromatic rings. The maximum absolute atomic E-state index is 12.5. The number of ether oxygens (including phenoxy) is 2. The molecule has 0 aromatic heterocycles. The number of carbonyl (C=O) groups excluding carboxylic acids is 3. The van der Waals surface area contributed by atoms with Crippen molar-refractivity contribution in [2.24, 2.45) is 0 Å². The lowest BCUT2D eigenvalue weighted by Gasteiger charge is -2.12. The van der Waals surface area contributed by atoms with Crippen LogP contribution in [0.5, 0.6) is 11.5 Å². The summed E-state index contributed by atoms with van der Waals surface area (Å²) in [6.07, 6.45) is -0.811.